The predicted molar refractivity (Wildman–Crippen MR) is 108 cm³/mol. The fourth-order valence-electron chi connectivity index (χ4n) is 3.80. The van der Waals surface area contributed by atoms with Gasteiger partial charge in [-0.05, 0) is 48.7 Å². The van der Waals surface area contributed by atoms with Crippen molar-refractivity contribution in [1.29, 1.82) is 0 Å². The van der Waals surface area contributed by atoms with Gasteiger partial charge in [-0.2, -0.15) is 0 Å². The van der Waals surface area contributed by atoms with Crippen LogP contribution in [0.5, 0.6) is 0 Å². The number of hydrogen-bond donors (Lipinski definition) is 0. The van der Waals surface area contributed by atoms with E-state index in [1.54, 1.807) is 30.9 Å². The van der Waals surface area contributed by atoms with Crippen LogP contribution in [0.2, 0.25) is 0 Å². The molecular formula is C23H20FN3O. The maximum atomic E-state index is 14.3. The maximum absolute atomic E-state index is 14.3. The van der Waals surface area contributed by atoms with Crippen molar-refractivity contribution >= 4 is 17.2 Å². The second kappa shape index (κ2) is 7.00. The Kier molecular flexibility index (Phi) is 4.51. The molecule has 0 bridgehead atoms. The van der Waals surface area contributed by atoms with Gasteiger partial charge >= 0.3 is 0 Å². The normalized spacial score (nSPS) is 11.3. The molecule has 0 fully saturated rings. The number of pyridine rings is 2. The molecule has 140 valence electrons. The monoisotopic (exact) mass is 373 g/mol. The van der Waals surface area contributed by atoms with Crippen LogP contribution in [0.25, 0.3) is 27.7 Å². The zero-order valence-electron chi connectivity index (χ0n) is 16.0. The van der Waals surface area contributed by atoms with Crippen molar-refractivity contribution in [2.75, 3.05) is 0 Å². The molecule has 0 aliphatic rings. The van der Waals surface area contributed by atoms with Crippen LogP contribution < -0.4 is 0 Å². The van der Waals surface area contributed by atoms with E-state index in [9.17, 15) is 9.18 Å². The topological polar surface area (TPSA) is 47.8 Å². The molecule has 1 aromatic carbocycles. The molecule has 0 saturated heterocycles. The second-order valence-corrected chi connectivity index (χ2v) is 7.12. The van der Waals surface area contributed by atoms with Crippen LogP contribution in [0.3, 0.4) is 0 Å². The number of fused-ring (bicyclic) bond motifs is 1. The molecule has 0 spiro atoms. The highest BCUT2D eigenvalue weighted by atomic mass is 19.1. The first-order valence-electron chi connectivity index (χ1n) is 9.17. The number of carbonyl (C=O) groups is 1. The molecule has 5 heteroatoms. The molecule has 3 aromatic heterocycles. The van der Waals surface area contributed by atoms with Crippen molar-refractivity contribution in [2.45, 2.75) is 26.7 Å². The van der Waals surface area contributed by atoms with Crippen molar-refractivity contribution in [3.8, 4) is 16.8 Å². The van der Waals surface area contributed by atoms with Gasteiger partial charge in [-0.25, -0.2) is 4.39 Å². The van der Waals surface area contributed by atoms with Gasteiger partial charge in [0.25, 0.3) is 0 Å². The average Bonchev–Trinajstić information content (AvgIpc) is 2.99. The largest absolute Gasteiger partial charge is 0.311 e. The highest BCUT2D eigenvalue weighted by molar-refractivity contribution is 6.00. The molecule has 0 aliphatic heterocycles. The van der Waals surface area contributed by atoms with Gasteiger partial charge in [-0.3, -0.25) is 14.8 Å². The smallest absolute Gasteiger partial charge is 0.152 e. The Bertz CT molecular complexity index is 1190. The summed E-state index contributed by atoms with van der Waals surface area (Å²) < 4.78 is 16.2. The number of aldehydes is 1. The van der Waals surface area contributed by atoms with Crippen LogP contribution in [-0.4, -0.2) is 20.8 Å². The summed E-state index contributed by atoms with van der Waals surface area (Å²) >= 11 is 0. The number of benzene rings is 1. The summed E-state index contributed by atoms with van der Waals surface area (Å²) in [6, 6.07) is 8.51. The fraction of sp³-hybridized carbons (Fsp3) is 0.174. The summed E-state index contributed by atoms with van der Waals surface area (Å²) in [5.41, 5.74) is 5.71. The number of carbonyl (C=O) groups excluding carboxylic acids is 1. The number of nitrogens with zero attached hydrogens (tertiary/aromatic N) is 3. The van der Waals surface area contributed by atoms with E-state index in [0.717, 1.165) is 45.3 Å². The van der Waals surface area contributed by atoms with Gasteiger partial charge < -0.3 is 4.57 Å². The Hall–Kier alpha value is -3.34. The zero-order valence-corrected chi connectivity index (χ0v) is 16.0. The lowest BCUT2D eigenvalue weighted by molar-refractivity contribution is 0.112. The molecule has 0 unspecified atom stereocenters. The van der Waals surface area contributed by atoms with Crippen molar-refractivity contribution in [1.82, 2.24) is 14.5 Å². The van der Waals surface area contributed by atoms with Crippen LogP contribution >= 0.6 is 0 Å². The molecule has 0 aliphatic carbocycles. The first kappa shape index (κ1) is 18.0. The van der Waals surface area contributed by atoms with E-state index in [1.807, 2.05) is 23.6 Å². The third-order valence-electron chi connectivity index (χ3n) is 5.14. The molecule has 4 nitrogen and oxygen atoms in total. The van der Waals surface area contributed by atoms with E-state index in [-0.39, 0.29) is 11.7 Å². The highest BCUT2D eigenvalue weighted by Gasteiger charge is 2.20. The van der Waals surface area contributed by atoms with Gasteiger partial charge in [0.2, 0.25) is 0 Å². The summed E-state index contributed by atoms with van der Waals surface area (Å²) in [5, 5.41) is 0.827. The standard InChI is InChI=1S/C23H20FN3O/c1-14(2)17-6-8-25-11-20(17)19-10-16(24)4-5-22(19)27-15(3)21(13-28)18-7-9-26-12-23(18)27/h4-14H,1-3H3. The van der Waals surface area contributed by atoms with E-state index in [2.05, 4.69) is 23.8 Å². The van der Waals surface area contributed by atoms with Crippen molar-refractivity contribution in [2.24, 2.45) is 0 Å². The molecule has 4 aromatic rings. The van der Waals surface area contributed by atoms with Gasteiger partial charge in [0, 0.05) is 46.4 Å². The Balaban J connectivity index is 2.09. The first-order chi connectivity index (χ1) is 13.5. The molecule has 3 heterocycles. The summed E-state index contributed by atoms with van der Waals surface area (Å²) in [7, 11) is 0. The lowest BCUT2D eigenvalue weighted by atomic mass is 9.93. The summed E-state index contributed by atoms with van der Waals surface area (Å²) in [6.07, 6.45) is 7.79. The summed E-state index contributed by atoms with van der Waals surface area (Å²) in [4.78, 5) is 20.2. The molecule has 0 saturated carbocycles. The lowest BCUT2D eigenvalue weighted by Crippen LogP contribution is -2.03. The highest BCUT2D eigenvalue weighted by Crippen LogP contribution is 2.36. The third-order valence-corrected chi connectivity index (χ3v) is 5.14. The maximum Gasteiger partial charge on any atom is 0.152 e. The van der Waals surface area contributed by atoms with Crippen LogP contribution in [0.1, 0.15) is 41.4 Å². The minimum Gasteiger partial charge on any atom is -0.311 e. The van der Waals surface area contributed by atoms with Gasteiger partial charge in [0.1, 0.15) is 5.82 Å². The number of rotatable bonds is 4. The van der Waals surface area contributed by atoms with E-state index in [0.29, 0.717) is 5.56 Å². The second-order valence-electron chi connectivity index (χ2n) is 7.12. The Morgan fingerprint density at radius 3 is 2.54 bits per heavy atom. The lowest BCUT2D eigenvalue weighted by Gasteiger charge is -2.18. The Labute approximate surface area is 162 Å². The number of hydrogen-bond acceptors (Lipinski definition) is 3. The predicted octanol–water partition coefficient (Wildman–Crippen LogP) is 5.47. The SMILES string of the molecule is Cc1c(C=O)c2ccncc2n1-c1ccc(F)cc1-c1cnccc1C(C)C. The minimum atomic E-state index is -0.319. The minimum absolute atomic E-state index is 0.254. The molecule has 4 rings (SSSR count). The summed E-state index contributed by atoms with van der Waals surface area (Å²) in [6.45, 7) is 6.09. The molecule has 0 radical (unpaired) electrons. The number of aromatic nitrogens is 3. The molecule has 0 amide bonds. The van der Waals surface area contributed by atoms with Crippen LogP contribution in [0.15, 0.2) is 55.1 Å². The Morgan fingerprint density at radius 2 is 1.79 bits per heavy atom. The van der Waals surface area contributed by atoms with Gasteiger partial charge in [0.15, 0.2) is 6.29 Å². The van der Waals surface area contributed by atoms with E-state index in [4.69, 9.17) is 0 Å². The molecular weight excluding hydrogens is 353 g/mol. The van der Waals surface area contributed by atoms with E-state index in [1.165, 1.54) is 12.1 Å². The van der Waals surface area contributed by atoms with Gasteiger partial charge in [-0.1, -0.05) is 13.8 Å². The van der Waals surface area contributed by atoms with E-state index < -0.39 is 0 Å². The number of halogens is 1. The van der Waals surface area contributed by atoms with Crippen molar-refractivity contribution < 1.29 is 9.18 Å². The first-order valence-corrected chi connectivity index (χ1v) is 9.17. The van der Waals surface area contributed by atoms with Crippen molar-refractivity contribution in [3.05, 3.63) is 77.8 Å². The fourth-order valence-corrected chi connectivity index (χ4v) is 3.80. The summed E-state index contributed by atoms with van der Waals surface area (Å²) in [5.74, 6) is -0.0658. The molecule has 28 heavy (non-hydrogen) atoms. The quantitative estimate of drug-likeness (QED) is 0.446. The van der Waals surface area contributed by atoms with Crippen LogP contribution in [0.4, 0.5) is 4.39 Å². The zero-order chi connectivity index (χ0) is 19.8. The van der Waals surface area contributed by atoms with Gasteiger partial charge in [0.05, 0.1) is 17.4 Å². The third kappa shape index (κ3) is 2.80. The van der Waals surface area contributed by atoms with Crippen molar-refractivity contribution in [3.63, 3.8) is 0 Å². The Morgan fingerprint density at radius 1 is 1.04 bits per heavy atom. The van der Waals surface area contributed by atoms with Gasteiger partial charge in [-0.15, -0.1) is 0 Å². The van der Waals surface area contributed by atoms with E-state index >= 15 is 0 Å². The van der Waals surface area contributed by atoms with Crippen LogP contribution in [-0.2, 0) is 0 Å². The molecule has 0 atom stereocenters. The van der Waals surface area contributed by atoms with Crippen LogP contribution in [0, 0.1) is 12.7 Å². The average molecular weight is 373 g/mol. The molecule has 0 N–H and O–H groups in total.